The molecule has 0 radical (unpaired) electrons. The normalized spacial score (nSPS) is 13.0. The second-order valence-electron chi connectivity index (χ2n) is 5.51. The molecule has 2 aromatic carbocycles. The number of nitrogens with one attached hydrogen (secondary N) is 2. The highest BCUT2D eigenvalue weighted by Crippen LogP contribution is 2.36. The lowest BCUT2D eigenvalue weighted by molar-refractivity contribution is -0.137. The lowest BCUT2D eigenvalue weighted by Gasteiger charge is -2.28. The number of carbonyl (C=O) groups excluding carboxylic acids is 1. The van der Waals surface area contributed by atoms with Crippen LogP contribution in [0.15, 0.2) is 42.5 Å². The van der Waals surface area contributed by atoms with Crippen molar-refractivity contribution in [3.63, 3.8) is 0 Å². The Hall–Kier alpha value is -1.54. The van der Waals surface area contributed by atoms with Crippen LogP contribution in [-0.4, -0.2) is 23.0 Å². The molecule has 0 unspecified atom stereocenters. The molecular weight excluding hydrogens is 463 g/mol. The summed E-state index contributed by atoms with van der Waals surface area (Å²) in [6.45, 7) is 0. The van der Waals surface area contributed by atoms with E-state index in [2.05, 4.69) is 10.6 Å². The molecule has 0 fully saturated rings. The van der Waals surface area contributed by atoms with Crippen LogP contribution in [0.4, 0.5) is 18.9 Å². The largest absolute Gasteiger partial charge is 0.497 e. The number of rotatable bonds is 5. The first-order valence-electron chi connectivity index (χ1n) is 7.56. The molecule has 2 aromatic rings. The Kier molecular flexibility index (Phi) is 7.20. The third-order valence-corrected chi connectivity index (χ3v) is 4.53. The number of alkyl halides is 6. The van der Waals surface area contributed by atoms with Crippen molar-refractivity contribution in [2.75, 3.05) is 12.4 Å². The van der Waals surface area contributed by atoms with E-state index in [1.807, 2.05) is 0 Å². The molecule has 1 amide bonds. The van der Waals surface area contributed by atoms with Gasteiger partial charge < -0.3 is 15.4 Å². The number of methoxy groups -OCH3 is 1. The number of halogens is 7. The number of ether oxygens (including phenoxy) is 1. The average molecular weight is 476 g/mol. The Morgan fingerprint density at radius 2 is 1.68 bits per heavy atom. The predicted molar refractivity (Wildman–Crippen MR) is 105 cm³/mol. The molecule has 0 aromatic heterocycles. The second kappa shape index (κ2) is 8.86. The maximum atomic E-state index is 12.9. The highest BCUT2D eigenvalue weighted by Gasteiger charge is 2.36. The third kappa shape index (κ3) is 5.98. The molecule has 1 atom stereocenters. The number of anilines is 1. The standard InChI is InChI=1S/C17H13Cl4F3N2O2/c1-28-11-5-2-9(3-6-11)14(27)26-15(16(19,20)21)25-13-8-10(17(22,23)24)4-7-12(13)18/h2-8,15,25H,1H3,(H,26,27)/t15-/m0/s1. The van der Waals surface area contributed by atoms with E-state index in [-0.39, 0.29) is 16.3 Å². The Bertz CT molecular complexity index is 840. The molecule has 11 heteroatoms. The first kappa shape index (κ1) is 22.7. The van der Waals surface area contributed by atoms with Crippen molar-refractivity contribution >= 4 is 58.0 Å². The Labute approximate surface area is 178 Å². The number of benzene rings is 2. The molecule has 2 N–H and O–H groups in total. The van der Waals surface area contributed by atoms with Gasteiger partial charge in [0.15, 0.2) is 0 Å². The number of hydrogen-bond donors (Lipinski definition) is 2. The van der Waals surface area contributed by atoms with Gasteiger partial charge in [0.1, 0.15) is 11.9 Å². The van der Waals surface area contributed by atoms with Gasteiger partial charge in [-0.05, 0) is 42.5 Å². The Balaban J connectivity index is 2.26. The molecule has 0 bridgehead atoms. The van der Waals surface area contributed by atoms with Crippen molar-refractivity contribution in [2.45, 2.75) is 16.1 Å². The van der Waals surface area contributed by atoms with Crippen LogP contribution in [0.2, 0.25) is 5.02 Å². The van der Waals surface area contributed by atoms with Crippen molar-refractivity contribution in [3.05, 3.63) is 58.6 Å². The quantitative estimate of drug-likeness (QED) is 0.417. The van der Waals surface area contributed by atoms with E-state index in [0.29, 0.717) is 5.75 Å². The van der Waals surface area contributed by atoms with E-state index < -0.39 is 27.6 Å². The molecule has 0 aliphatic rings. The van der Waals surface area contributed by atoms with Crippen LogP contribution in [0.25, 0.3) is 0 Å². The van der Waals surface area contributed by atoms with E-state index in [9.17, 15) is 18.0 Å². The molecule has 0 heterocycles. The molecule has 0 saturated carbocycles. The smallest absolute Gasteiger partial charge is 0.416 e. The van der Waals surface area contributed by atoms with Crippen LogP contribution >= 0.6 is 46.4 Å². The zero-order valence-electron chi connectivity index (χ0n) is 14.1. The molecule has 0 spiro atoms. The molecule has 0 saturated heterocycles. The molecular formula is C17H13Cl4F3N2O2. The summed E-state index contributed by atoms with van der Waals surface area (Å²) in [5.74, 6) is -0.0991. The lowest BCUT2D eigenvalue weighted by Crippen LogP contribution is -2.49. The van der Waals surface area contributed by atoms with Crippen LogP contribution in [0.1, 0.15) is 15.9 Å². The minimum absolute atomic E-state index is 0.0500. The summed E-state index contributed by atoms with van der Waals surface area (Å²) in [7, 11) is 1.47. The van der Waals surface area contributed by atoms with Gasteiger partial charge in [-0.15, -0.1) is 0 Å². The minimum Gasteiger partial charge on any atom is -0.497 e. The highest BCUT2D eigenvalue weighted by atomic mass is 35.6. The fourth-order valence-corrected chi connectivity index (χ4v) is 2.62. The second-order valence-corrected chi connectivity index (χ2v) is 8.29. The van der Waals surface area contributed by atoms with Gasteiger partial charge in [0.05, 0.1) is 23.4 Å². The van der Waals surface area contributed by atoms with Crippen LogP contribution < -0.4 is 15.4 Å². The third-order valence-electron chi connectivity index (χ3n) is 3.55. The fraction of sp³-hybridized carbons (Fsp3) is 0.235. The van der Waals surface area contributed by atoms with E-state index >= 15 is 0 Å². The monoisotopic (exact) mass is 474 g/mol. The first-order chi connectivity index (χ1) is 12.9. The maximum Gasteiger partial charge on any atom is 0.416 e. The Morgan fingerprint density at radius 1 is 1.07 bits per heavy atom. The van der Waals surface area contributed by atoms with Crippen LogP contribution in [-0.2, 0) is 6.18 Å². The summed E-state index contributed by atoms with van der Waals surface area (Å²) in [6, 6.07) is 8.67. The number of amides is 1. The molecule has 28 heavy (non-hydrogen) atoms. The van der Waals surface area contributed by atoms with E-state index in [0.717, 1.165) is 18.2 Å². The van der Waals surface area contributed by atoms with Gasteiger partial charge in [0.2, 0.25) is 3.79 Å². The van der Waals surface area contributed by atoms with Gasteiger partial charge >= 0.3 is 6.18 Å². The van der Waals surface area contributed by atoms with Gasteiger partial charge in [0, 0.05) is 5.56 Å². The summed E-state index contributed by atoms with van der Waals surface area (Å²) in [6.07, 6.45) is -5.98. The molecule has 4 nitrogen and oxygen atoms in total. The van der Waals surface area contributed by atoms with Gasteiger partial charge in [-0.25, -0.2) is 0 Å². The van der Waals surface area contributed by atoms with Crippen LogP contribution in [0, 0.1) is 0 Å². The minimum atomic E-state index is -4.59. The molecule has 0 aliphatic carbocycles. The van der Waals surface area contributed by atoms with Crippen molar-refractivity contribution in [2.24, 2.45) is 0 Å². The van der Waals surface area contributed by atoms with Gasteiger partial charge in [-0.2, -0.15) is 13.2 Å². The van der Waals surface area contributed by atoms with E-state index in [1.54, 1.807) is 12.1 Å². The SMILES string of the molecule is COc1ccc(C(=O)N[C@H](Nc2cc(C(F)(F)F)ccc2Cl)C(Cl)(Cl)Cl)cc1. The van der Waals surface area contributed by atoms with Crippen molar-refractivity contribution in [1.29, 1.82) is 0 Å². The molecule has 152 valence electrons. The van der Waals surface area contributed by atoms with E-state index in [1.165, 1.54) is 19.2 Å². The molecule has 0 aliphatic heterocycles. The fourth-order valence-electron chi connectivity index (χ4n) is 2.12. The summed E-state index contributed by atoms with van der Waals surface area (Å²) in [4.78, 5) is 12.4. The molecule has 2 rings (SSSR count). The maximum absolute atomic E-state index is 12.9. The Morgan fingerprint density at radius 3 is 2.18 bits per heavy atom. The van der Waals surface area contributed by atoms with E-state index in [4.69, 9.17) is 51.1 Å². The predicted octanol–water partition coefficient (Wildman–Crippen LogP) is 5.91. The highest BCUT2D eigenvalue weighted by molar-refractivity contribution is 6.68. The lowest BCUT2D eigenvalue weighted by atomic mass is 10.2. The number of hydrogen-bond acceptors (Lipinski definition) is 3. The number of carbonyl (C=O) groups is 1. The first-order valence-corrected chi connectivity index (χ1v) is 9.08. The van der Waals surface area contributed by atoms with Crippen molar-refractivity contribution in [1.82, 2.24) is 5.32 Å². The average Bonchev–Trinajstić information content (AvgIpc) is 2.61. The van der Waals surface area contributed by atoms with Gasteiger partial charge in [-0.3, -0.25) is 4.79 Å². The van der Waals surface area contributed by atoms with Crippen molar-refractivity contribution < 1.29 is 22.7 Å². The topological polar surface area (TPSA) is 50.4 Å². The summed E-state index contributed by atoms with van der Waals surface area (Å²) >= 11 is 23.6. The van der Waals surface area contributed by atoms with Crippen LogP contribution in [0.5, 0.6) is 5.75 Å². The summed E-state index contributed by atoms with van der Waals surface area (Å²) in [5.41, 5.74) is -0.899. The van der Waals surface area contributed by atoms with Gasteiger partial charge in [-0.1, -0.05) is 46.4 Å². The summed E-state index contributed by atoms with van der Waals surface area (Å²) < 4.78 is 41.7. The van der Waals surface area contributed by atoms with Gasteiger partial charge in [0.25, 0.3) is 5.91 Å². The zero-order chi connectivity index (χ0) is 21.1. The van der Waals surface area contributed by atoms with Crippen molar-refractivity contribution in [3.8, 4) is 5.75 Å². The summed E-state index contributed by atoms with van der Waals surface area (Å²) in [5, 5.41) is 4.91. The van der Waals surface area contributed by atoms with Crippen LogP contribution in [0.3, 0.4) is 0 Å². The zero-order valence-corrected chi connectivity index (χ0v) is 17.1.